The predicted octanol–water partition coefficient (Wildman–Crippen LogP) is 3.62. The fourth-order valence-corrected chi connectivity index (χ4v) is 3.49. The minimum absolute atomic E-state index is 0.0582. The van der Waals surface area contributed by atoms with Crippen LogP contribution in [0.25, 0.3) is 0 Å². The summed E-state index contributed by atoms with van der Waals surface area (Å²) in [6, 6.07) is 8.95. The van der Waals surface area contributed by atoms with E-state index >= 15 is 0 Å². The quantitative estimate of drug-likeness (QED) is 0.866. The van der Waals surface area contributed by atoms with Crippen molar-refractivity contribution in [2.45, 2.75) is 65.0 Å². The summed E-state index contributed by atoms with van der Waals surface area (Å²) in [7, 11) is 0. The minimum atomic E-state index is -0.473. The maximum atomic E-state index is 13.1. The van der Waals surface area contributed by atoms with Crippen LogP contribution < -0.4 is 5.32 Å². The van der Waals surface area contributed by atoms with E-state index in [4.69, 9.17) is 0 Å². The SMILES string of the molecule is CCN(C(=O)C(NC(=O)c1ccccc1)C(C)C)C1CCCCC1. The molecule has 1 unspecified atom stereocenters. The highest BCUT2D eigenvalue weighted by atomic mass is 16.2. The van der Waals surface area contributed by atoms with E-state index in [-0.39, 0.29) is 17.7 Å². The van der Waals surface area contributed by atoms with Crippen molar-refractivity contribution in [2.75, 3.05) is 6.54 Å². The lowest BCUT2D eigenvalue weighted by atomic mass is 9.92. The average molecular weight is 330 g/mol. The summed E-state index contributed by atoms with van der Waals surface area (Å²) in [5.41, 5.74) is 0.594. The molecule has 0 aliphatic heterocycles. The lowest BCUT2D eigenvalue weighted by Gasteiger charge is -2.37. The predicted molar refractivity (Wildman–Crippen MR) is 96.8 cm³/mol. The lowest BCUT2D eigenvalue weighted by molar-refractivity contribution is -0.137. The van der Waals surface area contributed by atoms with Crippen LogP contribution in [0.2, 0.25) is 0 Å². The monoisotopic (exact) mass is 330 g/mol. The van der Waals surface area contributed by atoms with Crippen LogP contribution in [0.1, 0.15) is 63.2 Å². The molecule has 1 aromatic rings. The number of likely N-dealkylation sites (N-methyl/N-ethyl adjacent to an activating group) is 1. The molecule has 0 spiro atoms. The molecule has 1 atom stereocenters. The van der Waals surface area contributed by atoms with Gasteiger partial charge in [0.25, 0.3) is 5.91 Å². The Morgan fingerprint density at radius 1 is 1.12 bits per heavy atom. The first-order valence-electron chi connectivity index (χ1n) is 9.21. The summed E-state index contributed by atoms with van der Waals surface area (Å²) >= 11 is 0. The Hall–Kier alpha value is -1.84. The molecule has 1 aliphatic carbocycles. The zero-order valence-electron chi connectivity index (χ0n) is 15.1. The molecule has 0 heterocycles. The van der Waals surface area contributed by atoms with Gasteiger partial charge in [0.05, 0.1) is 0 Å². The van der Waals surface area contributed by atoms with Crippen LogP contribution in [-0.4, -0.2) is 35.3 Å². The third kappa shape index (κ3) is 4.59. The number of carbonyl (C=O) groups is 2. The number of hydrogen-bond donors (Lipinski definition) is 1. The summed E-state index contributed by atoms with van der Waals surface area (Å²) in [5, 5.41) is 2.96. The molecule has 24 heavy (non-hydrogen) atoms. The van der Waals surface area contributed by atoms with Gasteiger partial charge in [-0.05, 0) is 37.8 Å². The summed E-state index contributed by atoms with van der Waals surface area (Å²) in [5.74, 6) is -0.0613. The van der Waals surface area contributed by atoms with Gasteiger partial charge in [-0.1, -0.05) is 51.3 Å². The Labute approximate surface area is 145 Å². The van der Waals surface area contributed by atoms with Gasteiger partial charge < -0.3 is 10.2 Å². The summed E-state index contributed by atoms with van der Waals surface area (Å²) < 4.78 is 0. The Balaban J connectivity index is 2.10. The second-order valence-corrected chi connectivity index (χ2v) is 6.98. The van der Waals surface area contributed by atoms with E-state index in [1.807, 2.05) is 43.9 Å². The molecule has 2 amide bonds. The van der Waals surface area contributed by atoms with Crippen LogP contribution in [0.15, 0.2) is 30.3 Å². The van der Waals surface area contributed by atoms with Gasteiger partial charge in [-0.2, -0.15) is 0 Å². The van der Waals surface area contributed by atoms with E-state index < -0.39 is 6.04 Å². The van der Waals surface area contributed by atoms with Gasteiger partial charge in [-0.15, -0.1) is 0 Å². The molecule has 132 valence electrons. The first kappa shape index (κ1) is 18.5. The van der Waals surface area contributed by atoms with Crippen molar-refractivity contribution < 1.29 is 9.59 Å². The van der Waals surface area contributed by atoms with Crippen LogP contribution in [0, 0.1) is 5.92 Å². The molecule has 1 saturated carbocycles. The summed E-state index contributed by atoms with van der Waals surface area (Å²) in [6.07, 6.45) is 5.81. The molecule has 1 N–H and O–H groups in total. The van der Waals surface area contributed by atoms with Crippen LogP contribution in [0.5, 0.6) is 0 Å². The van der Waals surface area contributed by atoms with Crippen molar-refractivity contribution in [3.05, 3.63) is 35.9 Å². The maximum absolute atomic E-state index is 13.1. The van der Waals surface area contributed by atoms with Gasteiger partial charge >= 0.3 is 0 Å². The standard InChI is InChI=1S/C20H30N2O2/c1-4-22(17-13-9-6-10-14-17)20(24)18(15(2)3)21-19(23)16-11-7-5-8-12-16/h5,7-8,11-12,15,17-18H,4,6,9-10,13-14H2,1-3H3,(H,21,23). The third-order valence-electron chi connectivity index (χ3n) is 4.89. The van der Waals surface area contributed by atoms with Gasteiger partial charge in [0, 0.05) is 18.2 Å². The first-order chi connectivity index (χ1) is 11.5. The van der Waals surface area contributed by atoms with E-state index in [1.54, 1.807) is 12.1 Å². The lowest BCUT2D eigenvalue weighted by Crippen LogP contribution is -2.54. The fraction of sp³-hybridized carbons (Fsp3) is 0.600. The second kappa shape index (κ2) is 8.86. The molecule has 1 aromatic carbocycles. The van der Waals surface area contributed by atoms with Crippen LogP contribution >= 0.6 is 0 Å². The Morgan fingerprint density at radius 2 is 1.75 bits per heavy atom. The first-order valence-corrected chi connectivity index (χ1v) is 9.21. The number of carbonyl (C=O) groups excluding carboxylic acids is 2. The molecule has 1 aliphatic rings. The maximum Gasteiger partial charge on any atom is 0.251 e. The summed E-state index contributed by atoms with van der Waals surface area (Å²) in [6.45, 7) is 6.71. The Morgan fingerprint density at radius 3 is 2.29 bits per heavy atom. The van der Waals surface area contributed by atoms with E-state index in [0.717, 1.165) is 12.8 Å². The third-order valence-corrected chi connectivity index (χ3v) is 4.89. The zero-order chi connectivity index (χ0) is 17.5. The molecule has 0 bridgehead atoms. The largest absolute Gasteiger partial charge is 0.340 e. The highest BCUT2D eigenvalue weighted by Crippen LogP contribution is 2.24. The minimum Gasteiger partial charge on any atom is -0.340 e. The molecule has 0 aromatic heterocycles. The van der Waals surface area contributed by atoms with Gasteiger partial charge in [0.15, 0.2) is 0 Å². The highest BCUT2D eigenvalue weighted by Gasteiger charge is 2.32. The topological polar surface area (TPSA) is 49.4 Å². The highest BCUT2D eigenvalue weighted by molar-refractivity contribution is 5.97. The van der Waals surface area contributed by atoms with Crippen LogP contribution in [0.3, 0.4) is 0 Å². The van der Waals surface area contributed by atoms with Gasteiger partial charge in [-0.25, -0.2) is 0 Å². The van der Waals surface area contributed by atoms with Gasteiger partial charge in [0.2, 0.25) is 5.91 Å². The fourth-order valence-electron chi connectivity index (χ4n) is 3.49. The molecule has 0 radical (unpaired) electrons. The molecular formula is C20H30N2O2. The smallest absolute Gasteiger partial charge is 0.251 e. The van der Waals surface area contributed by atoms with Crippen LogP contribution in [0.4, 0.5) is 0 Å². The molecule has 2 rings (SSSR count). The van der Waals surface area contributed by atoms with Gasteiger partial charge in [-0.3, -0.25) is 9.59 Å². The molecule has 4 heteroatoms. The molecular weight excluding hydrogens is 300 g/mol. The van der Waals surface area contributed by atoms with Crippen molar-refractivity contribution >= 4 is 11.8 Å². The number of amides is 2. The van der Waals surface area contributed by atoms with E-state index in [1.165, 1.54) is 19.3 Å². The van der Waals surface area contributed by atoms with E-state index in [2.05, 4.69) is 5.32 Å². The Kier molecular flexibility index (Phi) is 6.83. The molecule has 1 fully saturated rings. The average Bonchev–Trinajstić information content (AvgIpc) is 2.61. The number of rotatable bonds is 6. The summed E-state index contributed by atoms with van der Waals surface area (Å²) in [4.78, 5) is 27.5. The van der Waals surface area contributed by atoms with Crippen molar-refractivity contribution in [1.82, 2.24) is 10.2 Å². The number of benzene rings is 1. The molecule has 0 saturated heterocycles. The number of nitrogens with one attached hydrogen (secondary N) is 1. The van der Waals surface area contributed by atoms with E-state index in [0.29, 0.717) is 18.2 Å². The number of hydrogen-bond acceptors (Lipinski definition) is 2. The zero-order valence-corrected chi connectivity index (χ0v) is 15.1. The molecule has 4 nitrogen and oxygen atoms in total. The van der Waals surface area contributed by atoms with Crippen LogP contribution in [-0.2, 0) is 4.79 Å². The van der Waals surface area contributed by atoms with Crippen molar-refractivity contribution in [3.63, 3.8) is 0 Å². The second-order valence-electron chi connectivity index (χ2n) is 6.98. The van der Waals surface area contributed by atoms with Crippen molar-refractivity contribution in [1.29, 1.82) is 0 Å². The van der Waals surface area contributed by atoms with Gasteiger partial charge in [0.1, 0.15) is 6.04 Å². The Bertz CT molecular complexity index is 536. The van der Waals surface area contributed by atoms with Crippen molar-refractivity contribution in [3.8, 4) is 0 Å². The van der Waals surface area contributed by atoms with E-state index in [9.17, 15) is 9.59 Å². The number of nitrogens with zero attached hydrogens (tertiary/aromatic N) is 1. The van der Waals surface area contributed by atoms with Crippen molar-refractivity contribution in [2.24, 2.45) is 5.92 Å². The normalized spacial score (nSPS) is 16.7.